The quantitative estimate of drug-likeness (QED) is 0.734. The SMILES string of the molecule is Cc1cn(S(C)=O)c2cc(Cl)ccc12. The van der Waals surface area contributed by atoms with Gasteiger partial charge < -0.3 is 0 Å². The van der Waals surface area contributed by atoms with Crippen molar-refractivity contribution in [3.63, 3.8) is 0 Å². The molecule has 1 aromatic heterocycles. The molecule has 0 aliphatic rings. The van der Waals surface area contributed by atoms with E-state index >= 15 is 0 Å². The Morgan fingerprint density at radius 3 is 2.79 bits per heavy atom. The van der Waals surface area contributed by atoms with Crippen molar-refractivity contribution in [1.82, 2.24) is 3.97 Å². The highest BCUT2D eigenvalue weighted by Gasteiger charge is 2.07. The minimum Gasteiger partial charge on any atom is -0.267 e. The second-order valence-electron chi connectivity index (χ2n) is 3.22. The van der Waals surface area contributed by atoms with E-state index in [1.165, 1.54) is 0 Å². The third-order valence-corrected chi connectivity index (χ3v) is 3.30. The molecule has 0 aliphatic carbocycles. The summed E-state index contributed by atoms with van der Waals surface area (Å²) in [4.78, 5) is 0. The van der Waals surface area contributed by atoms with Crippen molar-refractivity contribution in [3.05, 3.63) is 35.0 Å². The second-order valence-corrected chi connectivity index (χ2v) is 4.90. The van der Waals surface area contributed by atoms with Gasteiger partial charge in [-0.25, -0.2) is 4.21 Å². The lowest BCUT2D eigenvalue weighted by Gasteiger charge is -1.99. The fourth-order valence-electron chi connectivity index (χ4n) is 1.55. The lowest BCUT2D eigenvalue weighted by atomic mass is 10.2. The first-order chi connectivity index (χ1) is 6.59. The van der Waals surface area contributed by atoms with Gasteiger partial charge >= 0.3 is 0 Å². The van der Waals surface area contributed by atoms with Gasteiger partial charge in [0, 0.05) is 22.9 Å². The fraction of sp³-hybridized carbons (Fsp3) is 0.200. The lowest BCUT2D eigenvalue weighted by Crippen LogP contribution is -1.98. The first kappa shape index (κ1) is 9.74. The summed E-state index contributed by atoms with van der Waals surface area (Å²) in [7, 11) is -1.03. The Bertz CT molecular complexity index is 518. The Kier molecular flexibility index (Phi) is 2.37. The Morgan fingerprint density at radius 1 is 1.43 bits per heavy atom. The largest absolute Gasteiger partial charge is 0.267 e. The first-order valence-corrected chi connectivity index (χ1v) is 6.10. The minimum absolute atomic E-state index is 0.669. The predicted molar refractivity (Wildman–Crippen MR) is 61.1 cm³/mol. The summed E-state index contributed by atoms with van der Waals surface area (Å²) in [5, 5.41) is 1.77. The monoisotopic (exact) mass is 227 g/mol. The zero-order valence-corrected chi connectivity index (χ0v) is 9.52. The summed E-state index contributed by atoms with van der Waals surface area (Å²) in [5.74, 6) is 0. The van der Waals surface area contributed by atoms with E-state index in [1.807, 2.05) is 31.3 Å². The molecule has 2 nitrogen and oxygen atoms in total. The Labute approximate surface area is 90.1 Å². The molecule has 0 fully saturated rings. The number of aryl methyl sites for hydroxylation is 1. The number of halogens is 1. The van der Waals surface area contributed by atoms with Crippen molar-refractivity contribution >= 4 is 33.5 Å². The molecule has 2 rings (SSSR count). The maximum Gasteiger partial charge on any atom is 0.120 e. The van der Waals surface area contributed by atoms with Crippen LogP contribution in [0.3, 0.4) is 0 Å². The maximum atomic E-state index is 11.4. The lowest BCUT2D eigenvalue weighted by molar-refractivity contribution is 0.682. The molecule has 74 valence electrons. The van der Waals surface area contributed by atoms with E-state index in [9.17, 15) is 4.21 Å². The van der Waals surface area contributed by atoms with Gasteiger partial charge in [-0.3, -0.25) is 3.97 Å². The molecular weight excluding hydrogens is 218 g/mol. The molecule has 0 N–H and O–H groups in total. The molecule has 1 heterocycles. The van der Waals surface area contributed by atoms with Crippen molar-refractivity contribution < 1.29 is 4.21 Å². The zero-order chi connectivity index (χ0) is 10.3. The van der Waals surface area contributed by atoms with Crippen LogP contribution in [0.2, 0.25) is 5.02 Å². The minimum atomic E-state index is -1.03. The van der Waals surface area contributed by atoms with Crippen LogP contribution in [-0.4, -0.2) is 14.4 Å². The van der Waals surface area contributed by atoms with Gasteiger partial charge in [0.05, 0.1) is 5.52 Å². The number of aromatic nitrogens is 1. The Balaban J connectivity index is 2.85. The highest BCUT2D eigenvalue weighted by atomic mass is 35.5. The molecule has 0 radical (unpaired) electrons. The molecule has 1 aromatic carbocycles. The fourth-order valence-corrected chi connectivity index (χ4v) is 2.45. The van der Waals surface area contributed by atoms with Crippen LogP contribution in [0.5, 0.6) is 0 Å². The number of nitrogens with zero attached hydrogens (tertiary/aromatic N) is 1. The van der Waals surface area contributed by atoms with Gasteiger partial charge in [-0.1, -0.05) is 17.7 Å². The molecular formula is C10H10ClNOS. The van der Waals surface area contributed by atoms with Gasteiger partial charge in [0.1, 0.15) is 11.0 Å². The van der Waals surface area contributed by atoms with Crippen molar-refractivity contribution in [2.45, 2.75) is 6.92 Å². The highest BCUT2D eigenvalue weighted by molar-refractivity contribution is 7.82. The molecule has 0 saturated heterocycles. The van der Waals surface area contributed by atoms with Gasteiger partial charge in [0.25, 0.3) is 0 Å². The number of hydrogen-bond acceptors (Lipinski definition) is 1. The van der Waals surface area contributed by atoms with E-state index in [0.29, 0.717) is 5.02 Å². The smallest absolute Gasteiger partial charge is 0.120 e. The third-order valence-electron chi connectivity index (χ3n) is 2.21. The first-order valence-electron chi connectivity index (χ1n) is 4.20. The Hall–Kier alpha value is -0.800. The summed E-state index contributed by atoms with van der Waals surface area (Å²) in [6, 6.07) is 5.64. The molecule has 0 amide bonds. The number of benzene rings is 1. The van der Waals surface area contributed by atoms with Crippen LogP contribution in [-0.2, 0) is 11.0 Å². The zero-order valence-electron chi connectivity index (χ0n) is 7.95. The average molecular weight is 228 g/mol. The molecule has 14 heavy (non-hydrogen) atoms. The van der Waals surface area contributed by atoms with E-state index in [-0.39, 0.29) is 0 Å². The summed E-state index contributed by atoms with van der Waals surface area (Å²) < 4.78 is 13.1. The van der Waals surface area contributed by atoms with Crippen LogP contribution in [0.1, 0.15) is 5.56 Å². The Morgan fingerprint density at radius 2 is 2.14 bits per heavy atom. The molecule has 0 saturated carbocycles. The molecule has 0 bridgehead atoms. The molecule has 1 unspecified atom stereocenters. The predicted octanol–water partition coefficient (Wildman–Crippen LogP) is 2.74. The van der Waals surface area contributed by atoms with Crippen LogP contribution < -0.4 is 0 Å². The normalized spacial score (nSPS) is 13.4. The molecule has 2 aromatic rings. The van der Waals surface area contributed by atoms with E-state index in [4.69, 9.17) is 11.6 Å². The number of fused-ring (bicyclic) bond motifs is 1. The van der Waals surface area contributed by atoms with Gasteiger partial charge in [-0.05, 0) is 24.6 Å². The van der Waals surface area contributed by atoms with Crippen LogP contribution in [0.25, 0.3) is 10.9 Å². The van der Waals surface area contributed by atoms with Gasteiger partial charge in [-0.15, -0.1) is 0 Å². The number of rotatable bonds is 1. The van der Waals surface area contributed by atoms with Crippen molar-refractivity contribution in [1.29, 1.82) is 0 Å². The molecule has 4 heteroatoms. The summed E-state index contributed by atoms with van der Waals surface area (Å²) in [5.41, 5.74) is 2.04. The van der Waals surface area contributed by atoms with Crippen molar-refractivity contribution in [3.8, 4) is 0 Å². The van der Waals surface area contributed by atoms with Crippen LogP contribution in [0, 0.1) is 6.92 Å². The number of hydrogen-bond donors (Lipinski definition) is 0. The van der Waals surface area contributed by atoms with Crippen molar-refractivity contribution in [2.75, 3.05) is 6.26 Å². The molecule has 0 aliphatic heterocycles. The molecule has 0 spiro atoms. The average Bonchev–Trinajstić information content (AvgIpc) is 2.43. The topological polar surface area (TPSA) is 22.0 Å². The van der Waals surface area contributed by atoms with E-state index < -0.39 is 11.0 Å². The standard InChI is InChI=1S/C10H10ClNOS/c1-7-6-12(14(2)13)10-5-8(11)3-4-9(7)10/h3-6H,1-2H3. The van der Waals surface area contributed by atoms with Crippen molar-refractivity contribution in [2.24, 2.45) is 0 Å². The molecule has 1 atom stereocenters. The van der Waals surface area contributed by atoms with E-state index in [0.717, 1.165) is 16.5 Å². The van der Waals surface area contributed by atoms with Gasteiger partial charge in [-0.2, -0.15) is 0 Å². The van der Waals surface area contributed by atoms with E-state index in [2.05, 4.69) is 0 Å². The van der Waals surface area contributed by atoms with Gasteiger partial charge in [0.15, 0.2) is 0 Å². The van der Waals surface area contributed by atoms with E-state index in [1.54, 1.807) is 10.2 Å². The summed E-state index contributed by atoms with van der Waals surface area (Å²) in [6.45, 7) is 2.00. The van der Waals surface area contributed by atoms with Crippen LogP contribution in [0.4, 0.5) is 0 Å². The highest BCUT2D eigenvalue weighted by Crippen LogP contribution is 2.24. The van der Waals surface area contributed by atoms with Gasteiger partial charge in [0.2, 0.25) is 0 Å². The third kappa shape index (κ3) is 1.47. The second kappa shape index (κ2) is 3.41. The summed E-state index contributed by atoms with van der Waals surface area (Å²) in [6.07, 6.45) is 3.54. The maximum absolute atomic E-state index is 11.4. The summed E-state index contributed by atoms with van der Waals surface area (Å²) >= 11 is 5.89. The van der Waals surface area contributed by atoms with Crippen LogP contribution >= 0.6 is 11.6 Å². The van der Waals surface area contributed by atoms with Crippen LogP contribution in [0.15, 0.2) is 24.4 Å².